The summed E-state index contributed by atoms with van der Waals surface area (Å²) in [6.07, 6.45) is 7.23. The number of rotatable bonds is 8. The van der Waals surface area contributed by atoms with E-state index >= 15 is 0 Å². The molecule has 1 aromatic heterocycles. The standard InChI is InChI=1S/C16H27N3O/c1-4-6-7-12(5-2)10-20-16-11(3)14(17)18-15(19-16)13-8-9-13/h12-13H,4-10H2,1-3H3,(H2,17,18,19). The first-order valence-electron chi connectivity index (χ1n) is 7.92. The second kappa shape index (κ2) is 6.91. The Morgan fingerprint density at radius 1 is 1.30 bits per heavy atom. The zero-order valence-corrected chi connectivity index (χ0v) is 13.0. The first-order valence-corrected chi connectivity index (χ1v) is 7.92. The summed E-state index contributed by atoms with van der Waals surface area (Å²) in [6.45, 7) is 7.12. The quantitative estimate of drug-likeness (QED) is 0.784. The van der Waals surface area contributed by atoms with Crippen LogP contribution in [0, 0.1) is 12.8 Å². The van der Waals surface area contributed by atoms with Crippen molar-refractivity contribution in [1.82, 2.24) is 9.97 Å². The molecule has 1 aliphatic rings. The van der Waals surface area contributed by atoms with Gasteiger partial charge in [0.15, 0.2) is 0 Å². The minimum Gasteiger partial charge on any atom is -0.477 e. The number of hydrogen-bond donors (Lipinski definition) is 1. The summed E-state index contributed by atoms with van der Waals surface area (Å²) in [5, 5.41) is 0. The van der Waals surface area contributed by atoms with E-state index in [2.05, 4.69) is 23.8 Å². The SMILES string of the molecule is CCCCC(CC)COc1nc(C2CC2)nc(N)c1C. The van der Waals surface area contributed by atoms with Gasteiger partial charge in [-0.3, -0.25) is 0 Å². The molecule has 1 heterocycles. The fourth-order valence-electron chi connectivity index (χ4n) is 2.29. The smallest absolute Gasteiger partial charge is 0.221 e. The molecular formula is C16H27N3O. The highest BCUT2D eigenvalue weighted by molar-refractivity contribution is 5.45. The highest BCUT2D eigenvalue weighted by atomic mass is 16.5. The fourth-order valence-corrected chi connectivity index (χ4v) is 2.29. The van der Waals surface area contributed by atoms with E-state index in [1.807, 2.05) is 6.92 Å². The molecule has 2 rings (SSSR count). The van der Waals surface area contributed by atoms with Crippen LogP contribution in [0.1, 0.15) is 69.7 Å². The number of hydrogen-bond acceptors (Lipinski definition) is 4. The van der Waals surface area contributed by atoms with Crippen molar-refractivity contribution in [2.24, 2.45) is 5.92 Å². The Kier molecular flexibility index (Phi) is 5.21. The van der Waals surface area contributed by atoms with Crippen molar-refractivity contribution >= 4 is 5.82 Å². The van der Waals surface area contributed by atoms with Crippen molar-refractivity contribution < 1.29 is 4.74 Å². The van der Waals surface area contributed by atoms with Crippen molar-refractivity contribution in [1.29, 1.82) is 0 Å². The largest absolute Gasteiger partial charge is 0.477 e. The van der Waals surface area contributed by atoms with E-state index in [9.17, 15) is 0 Å². The minimum atomic E-state index is 0.502. The van der Waals surface area contributed by atoms with Gasteiger partial charge in [-0.15, -0.1) is 0 Å². The van der Waals surface area contributed by atoms with Crippen molar-refractivity contribution in [2.75, 3.05) is 12.3 Å². The van der Waals surface area contributed by atoms with Gasteiger partial charge >= 0.3 is 0 Å². The molecule has 1 fully saturated rings. The molecule has 1 aliphatic carbocycles. The van der Waals surface area contributed by atoms with Crippen LogP contribution in [0.3, 0.4) is 0 Å². The molecule has 0 radical (unpaired) electrons. The molecule has 4 nitrogen and oxygen atoms in total. The molecule has 4 heteroatoms. The molecule has 0 aromatic carbocycles. The third kappa shape index (κ3) is 3.84. The highest BCUT2D eigenvalue weighted by Gasteiger charge is 2.28. The van der Waals surface area contributed by atoms with Crippen LogP contribution < -0.4 is 10.5 Å². The van der Waals surface area contributed by atoms with Crippen LogP contribution in [0.4, 0.5) is 5.82 Å². The Bertz CT molecular complexity index is 444. The van der Waals surface area contributed by atoms with Crippen molar-refractivity contribution in [3.8, 4) is 5.88 Å². The van der Waals surface area contributed by atoms with E-state index in [0.29, 0.717) is 23.5 Å². The van der Waals surface area contributed by atoms with E-state index in [1.54, 1.807) is 0 Å². The predicted molar refractivity (Wildman–Crippen MR) is 82.0 cm³/mol. The second-order valence-electron chi connectivity index (χ2n) is 5.90. The van der Waals surface area contributed by atoms with Crippen LogP contribution in [0.15, 0.2) is 0 Å². The Hall–Kier alpha value is -1.32. The lowest BCUT2D eigenvalue weighted by molar-refractivity contribution is 0.224. The Morgan fingerprint density at radius 3 is 2.65 bits per heavy atom. The molecule has 0 amide bonds. The molecule has 0 bridgehead atoms. The monoisotopic (exact) mass is 277 g/mol. The summed E-state index contributed by atoms with van der Waals surface area (Å²) in [4.78, 5) is 8.95. The van der Waals surface area contributed by atoms with E-state index < -0.39 is 0 Å². The maximum Gasteiger partial charge on any atom is 0.221 e. The van der Waals surface area contributed by atoms with Crippen LogP contribution in [-0.2, 0) is 0 Å². The lowest BCUT2D eigenvalue weighted by Crippen LogP contribution is -2.14. The average molecular weight is 277 g/mol. The van der Waals surface area contributed by atoms with Gasteiger partial charge in [0, 0.05) is 5.92 Å². The first kappa shape index (κ1) is 15.1. The van der Waals surface area contributed by atoms with Crippen LogP contribution in [-0.4, -0.2) is 16.6 Å². The molecule has 1 unspecified atom stereocenters. The third-order valence-corrected chi connectivity index (χ3v) is 4.10. The van der Waals surface area contributed by atoms with E-state index in [0.717, 1.165) is 24.4 Å². The number of ether oxygens (including phenoxy) is 1. The average Bonchev–Trinajstić information content (AvgIpc) is 3.27. The van der Waals surface area contributed by atoms with Gasteiger partial charge in [0.05, 0.1) is 12.2 Å². The van der Waals surface area contributed by atoms with Gasteiger partial charge in [0.2, 0.25) is 5.88 Å². The normalized spacial score (nSPS) is 16.1. The van der Waals surface area contributed by atoms with E-state index in [1.165, 1.54) is 32.1 Å². The number of nitrogen functional groups attached to an aromatic ring is 1. The fraction of sp³-hybridized carbons (Fsp3) is 0.750. The van der Waals surface area contributed by atoms with Gasteiger partial charge in [-0.1, -0.05) is 33.1 Å². The van der Waals surface area contributed by atoms with Gasteiger partial charge in [0.25, 0.3) is 0 Å². The summed E-state index contributed by atoms with van der Waals surface area (Å²) in [7, 11) is 0. The topological polar surface area (TPSA) is 61.0 Å². The molecule has 112 valence electrons. The third-order valence-electron chi connectivity index (χ3n) is 4.10. The number of nitrogens with two attached hydrogens (primary N) is 1. The maximum atomic E-state index is 5.98. The lowest BCUT2D eigenvalue weighted by Gasteiger charge is -2.17. The summed E-state index contributed by atoms with van der Waals surface area (Å²) in [6, 6.07) is 0. The summed E-state index contributed by atoms with van der Waals surface area (Å²) in [5.41, 5.74) is 6.85. The van der Waals surface area contributed by atoms with Gasteiger partial charge in [-0.25, -0.2) is 4.98 Å². The first-order chi connectivity index (χ1) is 9.65. The molecule has 1 aromatic rings. The van der Waals surface area contributed by atoms with Gasteiger partial charge in [-0.2, -0.15) is 4.98 Å². The van der Waals surface area contributed by atoms with E-state index in [4.69, 9.17) is 10.5 Å². The molecule has 1 saturated carbocycles. The molecule has 1 atom stereocenters. The molecule has 0 spiro atoms. The van der Waals surface area contributed by atoms with Crippen molar-refractivity contribution in [3.63, 3.8) is 0 Å². The zero-order valence-electron chi connectivity index (χ0n) is 13.0. The van der Waals surface area contributed by atoms with Gasteiger partial charge in [-0.05, 0) is 32.1 Å². The maximum absolute atomic E-state index is 5.98. The van der Waals surface area contributed by atoms with Crippen molar-refractivity contribution in [2.45, 2.75) is 65.2 Å². The summed E-state index contributed by atoms with van der Waals surface area (Å²) in [5.74, 6) is 3.23. The van der Waals surface area contributed by atoms with Crippen LogP contribution in [0.25, 0.3) is 0 Å². The molecule has 2 N–H and O–H groups in total. The van der Waals surface area contributed by atoms with Crippen LogP contribution in [0.2, 0.25) is 0 Å². The molecule has 0 saturated heterocycles. The number of aromatic nitrogens is 2. The lowest BCUT2D eigenvalue weighted by atomic mass is 10.0. The van der Waals surface area contributed by atoms with Gasteiger partial charge < -0.3 is 10.5 Å². The number of unbranched alkanes of at least 4 members (excludes halogenated alkanes) is 1. The van der Waals surface area contributed by atoms with Crippen LogP contribution >= 0.6 is 0 Å². The summed E-state index contributed by atoms with van der Waals surface area (Å²) < 4.78 is 5.96. The predicted octanol–water partition coefficient (Wildman–Crippen LogP) is 3.84. The Morgan fingerprint density at radius 2 is 2.05 bits per heavy atom. The van der Waals surface area contributed by atoms with Gasteiger partial charge in [0.1, 0.15) is 11.6 Å². The molecule has 0 aliphatic heterocycles. The van der Waals surface area contributed by atoms with E-state index in [-0.39, 0.29) is 0 Å². The van der Waals surface area contributed by atoms with Crippen LogP contribution in [0.5, 0.6) is 5.88 Å². The number of anilines is 1. The highest BCUT2D eigenvalue weighted by Crippen LogP contribution is 2.39. The summed E-state index contributed by atoms with van der Waals surface area (Å²) >= 11 is 0. The molecule has 20 heavy (non-hydrogen) atoms. The Labute approximate surface area is 122 Å². The van der Waals surface area contributed by atoms with Crippen molar-refractivity contribution in [3.05, 3.63) is 11.4 Å². The second-order valence-corrected chi connectivity index (χ2v) is 5.90. The number of nitrogens with zero attached hydrogens (tertiary/aromatic N) is 2. The molecular weight excluding hydrogens is 250 g/mol. The zero-order chi connectivity index (χ0) is 14.5. The minimum absolute atomic E-state index is 0.502. The Balaban J connectivity index is 2.00.